The quantitative estimate of drug-likeness (QED) is 0.759. The maximum absolute atomic E-state index is 7.91. The van der Waals surface area contributed by atoms with Crippen molar-refractivity contribution in [1.29, 1.82) is 0 Å². The van der Waals surface area contributed by atoms with Gasteiger partial charge in [0, 0.05) is 11.8 Å². The van der Waals surface area contributed by atoms with Gasteiger partial charge in [-0.25, -0.2) is 0 Å². The number of pyridine rings is 1. The van der Waals surface area contributed by atoms with Crippen LogP contribution < -0.4 is 4.74 Å². The molecular weight excluding hydrogens is 186 g/mol. The van der Waals surface area contributed by atoms with Crippen LogP contribution in [0.25, 0.3) is 11.3 Å². The lowest BCUT2D eigenvalue weighted by Gasteiger charge is -2.08. The molecule has 76 valence electrons. The Balaban J connectivity index is 2.54. The maximum Gasteiger partial charge on any atom is 0.128 e. The third-order valence-electron chi connectivity index (χ3n) is 2.04. The van der Waals surface area contributed by atoms with Crippen LogP contribution in [0.3, 0.4) is 0 Å². The molecule has 0 aliphatic rings. The van der Waals surface area contributed by atoms with Crippen molar-refractivity contribution in [3.8, 4) is 17.0 Å². The van der Waals surface area contributed by atoms with E-state index in [1.54, 1.807) is 12.3 Å². The molecule has 0 saturated heterocycles. The van der Waals surface area contributed by atoms with Crippen LogP contribution in [-0.4, -0.2) is 11.6 Å². The van der Waals surface area contributed by atoms with Gasteiger partial charge in [-0.05, 0) is 31.2 Å². The first-order chi connectivity index (χ1) is 7.83. The molecule has 0 bridgehead atoms. The van der Waals surface area contributed by atoms with E-state index in [1.165, 1.54) is 0 Å². The lowest BCUT2D eigenvalue weighted by atomic mass is 10.1. The van der Waals surface area contributed by atoms with E-state index in [-0.39, 0.29) is 0 Å². The molecule has 0 amide bonds. The molecule has 2 aromatic rings. The van der Waals surface area contributed by atoms with Crippen LogP contribution in [0.4, 0.5) is 0 Å². The average molecular weight is 200 g/mol. The van der Waals surface area contributed by atoms with Crippen LogP contribution in [0.1, 0.15) is 8.29 Å². The third-order valence-corrected chi connectivity index (χ3v) is 2.04. The van der Waals surface area contributed by atoms with Crippen LogP contribution in [0, 0.1) is 0 Å². The Morgan fingerprint density at radius 3 is 2.87 bits per heavy atom. The first kappa shape index (κ1) is 8.48. The Kier molecular flexibility index (Phi) is 2.60. The van der Waals surface area contributed by atoms with Gasteiger partial charge in [0.2, 0.25) is 0 Å². The zero-order valence-electron chi connectivity index (χ0n) is 9.60. The van der Waals surface area contributed by atoms with Gasteiger partial charge in [-0.1, -0.05) is 18.2 Å². The van der Waals surface area contributed by atoms with Gasteiger partial charge in [0.15, 0.2) is 0 Å². The lowest BCUT2D eigenvalue weighted by molar-refractivity contribution is 0.341. The number of para-hydroxylation sites is 1. The highest BCUT2D eigenvalue weighted by atomic mass is 16.5. The van der Waals surface area contributed by atoms with Gasteiger partial charge in [0.1, 0.15) is 5.75 Å². The largest absolute Gasteiger partial charge is 0.493 e. The second kappa shape index (κ2) is 4.60. The van der Waals surface area contributed by atoms with Crippen molar-refractivity contribution in [3.63, 3.8) is 0 Å². The molecule has 0 spiro atoms. The normalized spacial score (nSPS) is 10.9. The minimum absolute atomic E-state index is 0.435. The molecule has 0 aliphatic heterocycles. The highest BCUT2D eigenvalue weighted by Crippen LogP contribution is 2.27. The van der Waals surface area contributed by atoms with Crippen LogP contribution in [0.15, 0.2) is 48.6 Å². The summed E-state index contributed by atoms with van der Waals surface area (Å²) in [5.74, 6) is 0.716. The Morgan fingerprint density at radius 2 is 2.13 bits per heavy atom. The fraction of sp³-hybridized carbons (Fsp3) is 0.154. The van der Waals surface area contributed by atoms with Crippen molar-refractivity contribution in [3.05, 3.63) is 48.6 Å². The highest BCUT2D eigenvalue weighted by Gasteiger charge is 2.04. The van der Waals surface area contributed by atoms with Crippen LogP contribution >= 0.6 is 0 Å². The fourth-order valence-corrected chi connectivity index (χ4v) is 1.41. The molecule has 0 fully saturated rings. The molecule has 2 rings (SSSR count). The number of rotatable bonds is 3. The minimum Gasteiger partial charge on any atom is -0.493 e. The molecule has 0 atom stereocenters. The van der Waals surface area contributed by atoms with Crippen molar-refractivity contribution >= 4 is 0 Å². The van der Waals surface area contributed by atoms with Gasteiger partial charge in [-0.3, -0.25) is 4.98 Å². The molecule has 0 radical (unpaired) electrons. The maximum atomic E-state index is 7.91. The summed E-state index contributed by atoms with van der Waals surface area (Å²) >= 11 is 0. The van der Waals surface area contributed by atoms with Gasteiger partial charge < -0.3 is 4.74 Å². The summed E-state index contributed by atoms with van der Waals surface area (Å²) in [6.07, 6.45) is 1.72. The van der Waals surface area contributed by atoms with Gasteiger partial charge in [0.05, 0.1) is 13.7 Å². The number of hydrogen-bond donors (Lipinski definition) is 0. The van der Waals surface area contributed by atoms with E-state index in [2.05, 4.69) is 4.98 Å². The van der Waals surface area contributed by atoms with Crippen LogP contribution in [-0.2, 0) is 0 Å². The van der Waals surface area contributed by atoms with E-state index < -0.39 is 0 Å². The molecule has 1 aromatic carbocycles. The summed E-state index contributed by atoms with van der Waals surface area (Å²) in [5, 5.41) is 0. The first-order valence-corrected chi connectivity index (χ1v) is 4.96. The Morgan fingerprint density at radius 1 is 1.27 bits per heavy atom. The second-order valence-corrected chi connectivity index (χ2v) is 3.06. The molecule has 2 heteroatoms. The number of aromatic nitrogens is 1. The van der Waals surface area contributed by atoms with E-state index in [0.717, 1.165) is 11.3 Å². The first-order valence-electron chi connectivity index (χ1n) is 5.46. The van der Waals surface area contributed by atoms with Gasteiger partial charge in [0.25, 0.3) is 0 Å². The number of nitrogens with zero attached hydrogens (tertiary/aromatic N) is 1. The topological polar surface area (TPSA) is 22.1 Å². The van der Waals surface area contributed by atoms with Gasteiger partial charge >= 0.3 is 0 Å². The third kappa shape index (κ3) is 2.15. The van der Waals surface area contributed by atoms with Crippen LogP contribution in [0.5, 0.6) is 5.75 Å². The zero-order chi connectivity index (χ0) is 11.4. The zero-order valence-corrected chi connectivity index (χ0v) is 8.60. The molecule has 1 aromatic heterocycles. The summed E-state index contributed by atoms with van der Waals surface area (Å²) < 4.78 is 13.4. The summed E-state index contributed by atoms with van der Waals surface area (Å²) in [7, 11) is 0. The molecule has 2 nitrogen and oxygen atoms in total. The molecule has 0 N–H and O–H groups in total. The minimum atomic E-state index is 0.435. The van der Waals surface area contributed by atoms with Crippen molar-refractivity contribution in [2.24, 2.45) is 0 Å². The summed E-state index contributed by atoms with van der Waals surface area (Å²) in [4.78, 5) is 4.25. The number of ether oxygens (including phenoxy) is 1. The number of hydrogen-bond acceptors (Lipinski definition) is 2. The molecule has 0 saturated carbocycles. The molecule has 0 unspecified atom stereocenters. The average Bonchev–Trinajstić information content (AvgIpc) is 2.31. The standard InChI is InChI=1S/C13H13NO/c1-2-15-13-9-4-3-7-11(13)12-8-5-6-10-14-12/h3-10H,2H2,1H3/i7D. The van der Waals surface area contributed by atoms with E-state index in [4.69, 9.17) is 6.11 Å². The van der Waals surface area contributed by atoms with Gasteiger partial charge in [-0.15, -0.1) is 0 Å². The Labute approximate surface area is 91.0 Å². The van der Waals surface area contributed by atoms with Gasteiger partial charge in [-0.2, -0.15) is 0 Å². The van der Waals surface area contributed by atoms with Crippen molar-refractivity contribution in [1.82, 2.24) is 4.98 Å². The van der Waals surface area contributed by atoms with Crippen molar-refractivity contribution in [2.45, 2.75) is 6.92 Å². The number of benzene rings is 1. The monoisotopic (exact) mass is 200 g/mol. The Bertz CT molecular complexity index is 471. The van der Waals surface area contributed by atoms with E-state index in [1.807, 2.05) is 37.3 Å². The smallest absolute Gasteiger partial charge is 0.128 e. The molecular formula is C13H13NO. The predicted molar refractivity (Wildman–Crippen MR) is 60.8 cm³/mol. The summed E-state index contributed by atoms with van der Waals surface area (Å²) in [6, 6.07) is 11.5. The molecule has 15 heavy (non-hydrogen) atoms. The molecule has 0 aliphatic carbocycles. The van der Waals surface area contributed by atoms with E-state index in [9.17, 15) is 0 Å². The Hall–Kier alpha value is -1.83. The predicted octanol–water partition coefficient (Wildman–Crippen LogP) is 3.15. The van der Waals surface area contributed by atoms with Crippen molar-refractivity contribution in [2.75, 3.05) is 6.61 Å². The van der Waals surface area contributed by atoms with E-state index in [0.29, 0.717) is 18.4 Å². The fourth-order valence-electron chi connectivity index (χ4n) is 1.41. The molecule has 1 heterocycles. The van der Waals surface area contributed by atoms with Crippen LogP contribution in [0.2, 0.25) is 0 Å². The SMILES string of the molecule is [2H]c1cccc(OCC)c1-c1ccccn1. The highest BCUT2D eigenvalue weighted by molar-refractivity contribution is 5.66. The summed E-state index contributed by atoms with van der Waals surface area (Å²) in [6.45, 7) is 2.52. The second-order valence-electron chi connectivity index (χ2n) is 3.06. The summed E-state index contributed by atoms with van der Waals surface area (Å²) in [5.41, 5.74) is 1.53. The van der Waals surface area contributed by atoms with E-state index >= 15 is 0 Å². The lowest BCUT2D eigenvalue weighted by Crippen LogP contribution is -1.94. The van der Waals surface area contributed by atoms with Crippen molar-refractivity contribution < 1.29 is 6.11 Å².